The Hall–Kier alpha value is -0.850. The zero-order chi connectivity index (χ0) is 15.6. The van der Waals surface area contributed by atoms with E-state index in [1.165, 1.54) is 0 Å². The van der Waals surface area contributed by atoms with Crippen molar-refractivity contribution >= 4 is 10.0 Å². The third-order valence-electron chi connectivity index (χ3n) is 4.16. The van der Waals surface area contributed by atoms with E-state index in [2.05, 4.69) is 12.2 Å². The molecule has 21 heavy (non-hydrogen) atoms. The first kappa shape index (κ1) is 16.5. The van der Waals surface area contributed by atoms with Gasteiger partial charge in [-0.05, 0) is 45.2 Å². The Bertz CT molecular complexity index is 565. The highest BCUT2D eigenvalue weighted by atomic mass is 32.2. The quantitative estimate of drug-likeness (QED) is 0.904. The average molecular weight is 314 g/mol. The van der Waals surface area contributed by atoms with Crippen molar-refractivity contribution < 1.29 is 12.8 Å². The van der Waals surface area contributed by atoms with Crippen LogP contribution in [0.25, 0.3) is 0 Å². The first-order valence-corrected chi connectivity index (χ1v) is 9.08. The Labute approximate surface area is 127 Å². The molecule has 0 saturated carbocycles. The van der Waals surface area contributed by atoms with Crippen LogP contribution in [0.3, 0.4) is 0 Å². The molecule has 0 amide bonds. The second-order valence-corrected chi connectivity index (χ2v) is 8.71. The minimum atomic E-state index is -3.13. The van der Waals surface area contributed by atoms with Gasteiger partial charge in [-0.2, -0.15) is 0 Å². The fourth-order valence-corrected chi connectivity index (χ4v) is 4.15. The lowest BCUT2D eigenvalue weighted by Crippen LogP contribution is -2.51. The van der Waals surface area contributed by atoms with Crippen molar-refractivity contribution in [1.82, 2.24) is 9.62 Å². The fourth-order valence-electron chi connectivity index (χ4n) is 2.75. The summed E-state index contributed by atoms with van der Waals surface area (Å²) in [6, 6.07) is 4.26. The number of piperidine rings is 1. The van der Waals surface area contributed by atoms with E-state index in [4.69, 9.17) is 4.42 Å². The third-order valence-corrected chi connectivity index (χ3v) is 6.40. The van der Waals surface area contributed by atoms with Gasteiger partial charge >= 0.3 is 0 Å². The van der Waals surface area contributed by atoms with Crippen LogP contribution in [0.5, 0.6) is 0 Å². The van der Waals surface area contributed by atoms with Crippen LogP contribution in [0.1, 0.15) is 38.7 Å². The van der Waals surface area contributed by atoms with E-state index in [0.717, 1.165) is 17.9 Å². The van der Waals surface area contributed by atoms with E-state index in [9.17, 15) is 8.42 Å². The molecule has 1 aromatic rings. The molecule has 1 N–H and O–H groups in total. The van der Waals surface area contributed by atoms with Crippen molar-refractivity contribution in [3.05, 3.63) is 23.7 Å². The number of furan rings is 1. The van der Waals surface area contributed by atoms with Crippen molar-refractivity contribution in [2.75, 3.05) is 13.1 Å². The van der Waals surface area contributed by atoms with Gasteiger partial charge in [-0.1, -0.05) is 6.92 Å². The summed E-state index contributed by atoms with van der Waals surface area (Å²) in [6.45, 7) is 9.40. The highest BCUT2D eigenvalue weighted by Crippen LogP contribution is 2.22. The Morgan fingerprint density at radius 1 is 1.43 bits per heavy atom. The minimum Gasteiger partial charge on any atom is -0.465 e. The van der Waals surface area contributed by atoms with Gasteiger partial charge < -0.3 is 9.73 Å². The van der Waals surface area contributed by atoms with Crippen LogP contribution in [0, 0.1) is 12.8 Å². The second-order valence-electron chi connectivity index (χ2n) is 6.22. The van der Waals surface area contributed by atoms with Crippen LogP contribution >= 0.6 is 0 Å². The summed E-state index contributed by atoms with van der Waals surface area (Å²) in [6.07, 6.45) is 0.840. The van der Waals surface area contributed by atoms with Gasteiger partial charge in [0.05, 0.1) is 11.8 Å². The van der Waals surface area contributed by atoms with Crippen LogP contribution in [-0.4, -0.2) is 37.1 Å². The molecular formula is C15H26N2O3S. The van der Waals surface area contributed by atoms with Gasteiger partial charge in [0.25, 0.3) is 0 Å². The molecule has 2 rings (SSSR count). The van der Waals surface area contributed by atoms with Crippen LogP contribution < -0.4 is 5.32 Å². The highest BCUT2D eigenvalue weighted by molar-refractivity contribution is 7.89. The number of nitrogens with zero attached hydrogens (tertiary/aromatic N) is 1. The van der Waals surface area contributed by atoms with Gasteiger partial charge in [-0.15, -0.1) is 0 Å². The van der Waals surface area contributed by atoms with Crippen LogP contribution in [0.2, 0.25) is 0 Å². The molecule has 0 radical (unpaired) electrons. The Kier molecular flexibility index (Phi) is 5.11. The molecule has 2 unspecified atom stereocenters. The van der Waals surface area contributed by atoms with E-state index < -0.39 is 10.0 Å². The molecule has 2 heterocycles. The van der Waals surface area contributed by atoms with E-state index in [1.807, 2.05) is 19.1 Å². The lowest BCUT2D eigenvalue weighted by atomic mass is 9.95. The van der Waals surface area contributed by atoms with Crippen molar-refractivity contribution in [2.24, 2.45) is 5.92 Å². The monoisotopic (exact) mass is 314 g/mol. The fraction of sp³-hybridized carbons (Fsp3) is 0.733. The first-order chi connectivity index (χ1) is 9.80. The second kappa shape index (κ2) is 6.50. The topological polar surface area (TPSA) is 62.6 Å². The van der Waals surface area contributed by atoms with E-state index in [1.54, 1.807) is 18.2 Å². The normalized spacial score (nSPS) is 24.6. The van der Waals surface area contributed by atoms with Gasteiger partial charge in [0, 0.05) is 19.1 Å². The van der Waals surface area contributed by atoms with Gasteiger partial charge in [0.2, 0.25) is 10.0 Å². The highest BCUT2D eigenvalue weighted by Gasteiger charge is 2.33. The maximum atomic E-state index is 12.2. The molecule has 1 saturated heterocycles. The van der Waals surface area contributed by atoms with Gasteiger partial charge in [0.1, 0.15) is 11.5 Å². The maximum absolute atomic E-state index is 12.2. The van der Waals surface area contributed by atoms with Crippen LogP contribution in [0.15, 0.2) is 16.5 Å². The maximum Gasteiger partial charge on any atom is 0.216 e. The van der Waals surface area contributed by atoms with E-state index in [-0.39, 0.29) is 5.25 Å². The van der Waals surface area contributed by atoms with Gasteiger partial charge in [0.15, 0.2) is 0 Å². The average Bonchev–Trinajstić information content (AvgIpc) is 2.82. The summed E-state index contributed by atoms with van der Waals surface area (Å²) in [5.74, 6) is 2.14. The Morgan fingerprint density at radius 2 is 2.14 bits per heavy atom. The molecular weight excluding hydrogens is 288 g/mol. The van der Waals surface area contributed by atoms with Crippen molar-refractivity contribution in [3.63, 3.8) is 0 Å². The molecule has 1 aromatic heterocycles. The third kappa shape index (κ3) is 3.87. The van der Waals surface area contributed by atoms with E-state index in [0.29, 0.717) is 31.6 Å². The lowest BCUT2D eigenvalue weighted by Gasteiger charge is -2.37. The molecule has 0 spiro atoms. The number of aryl methyl sites for hydroxylation is 1. The summed E-state index contributed by atoms with van der Waals surface area (Å²) >= 11 is 0. The molecule has 0 bridgehead atoms. The van der Waals surface area contributed by atoms with Gasteiger partial charge in [-0.3, -0.25) is 0 Å². The summed E-state index contributed by atoms with van der Waals surface area (Å²) in [4.78, 5) is 0. The Balaban J connectivity index is 1.89. The minimum absolute atomic E-state index is 0.295. The van der Waals surface area contributed by atoms with Gasteiger partial charge in [-0.25, -0.2) is 12.7 Å². The van der Waals surface area contributed by atoms with Crippen molar-refractivity contribution in [2.45, 2.75) is 52.0 Å². The number of nitrogens with one attached hydrogen (secondary N) is 1. The molecule has 0 aromatic carbocycles. The molecule has 6 heteroatoms. The molecule has 5 nitrogen and oxygen atoms in total. The number of rotatable bonds is 5. The predicted octanol–water partition coefficient (Wildman–Crippen LogP) is 2.13. The van der Waals surface area contributed by atoms with E-state index >= 15 is 0 Å². The lowest BCUT2D eigenvalue weighted by molar-refractivity contribution is 0.215. The van der Waals surface area contributed by atoms with Crippen molar-refractivity contribution in [3.8, 4) is 0 Å². The summed E-state index contributed by atoms with van der Waals surface area (Å²) in [5, 5.41) is 3.14. The Morgan fingerprint density at radius 3 is 2.67 bits per heavy atom. The summed E-state index contributed by atoms with van der Waals surface area (Å²) in [5.41, 5.74) is 0. The molecule has 1 fully saturated rings. The first-order valence-electron chi connectivity index (χ1n) is 7.58. The largest absolute Gasteiger partial charge is 0.465 e. The summed E-state index contributed by atoms with van der Waals surface area (Å²) in [7, 11) is -3.13. The number of hydrogen-bond acceptors (Lipinski definition) is 4. The van der Waals surface area contributed by atoms with Crippen molar-refractivity contribution in [1.29, 1.82) is 0 Å². The van der Waals surface area contributed by atoms with Crippen LogP contribution in [-0.2, 0) is 16.6 Å². The summed E-state index contributed by atoms with van der Waals surface area (Å²) < 4.78 is 31.6. The predicted molar refractivity (Wildman–Crippen MR) is 83.5 cm³/mol. The smallest absolute Gasteiger partial charge is 0.216 e. The molecule has 1 aliphatic rings. The molecule has 2 atom stereocenters. The molecule has 0 aliphatic carbocycles. The SMILES string of the molecule is Cc1ccc(CNC2CCN(S(=O)(=O)C(C)C)CC2C)o1. The zero-order valence-electron chi connectivity index (χ0n) is 13.3. The van der Waals surface area contributed by atoms with Crippen LogP contribution in [0.4, 0.5) is 0 Å². The number of sulfonamides is 1. The zero-order valence-corrected chi connectivity index (χ0v) is 14.1. The standard InChI is InChI=1S/C15H26N2O3S/c1-11(2)21(18,19)17-8-7-15(12(3)10-17)16-9-14-6-5-13(4)20-14/h5-6,11-12,15-16H,7-10H2,1-4H3. The molecule has 120 valence electrons. The number of hydrogen-bond donors (Lipinski definition) is 1. The molecule has 1 aliphatic heterocycles.